The van der Waals surface area contributed by atoms with Crippen LogP contribution in [0.25, 0.3) is 5.57 Å². The minimum Gasteiger partial charge on any atom is -0.406 e. The van der Waals surface area contributed by atoms with Crippen molar-refractivity contribution in [3.63, 3.8) is 0 Å². The van der Waals surface area contributed by atoms with Crippen LogP contribution in [-0.4, -0.2) is 45.9 Å². The molecular formula is C19H19ClF3N3O3. The third-order valence-corrected chi connectivity index (χ3v) is 4.64. The van der Waals surface area contributed by atoms with Crippen LogP contribution >= 0.6 is 11.6 Å². The lowest BCUT2D eigenvalue weighted by Gasteiger charge is -2.31. The van der Waals surface area contributed by atoms with Crippen LogP contribution in [0.3, 0.4) is 0 Å². The highest BCUT2D eigenvalue weighted by Gasteiger charge is 2.31. The first-order valence-corrected chi connectivity index (χ1v) is 9.12. The van der Waals surface area contributed by atoms with E-state index in [-0.39, 0.29) is 12.4 Å². The van der Waals surface area contributed by atoms with E-state index in [1.54, 1.807) is 17.2 Å². The number of ether oxygens (including phenoxy) is 1. The molecule has 0 radical (unpaired) electrons. The van der Waals surface area contributed by atoms with Crippen LogP contribution in [0.5, 0.6) is 5.75 Å². The first kappa shape index (κ1) is 21.4. The van der Waals surface area contributed by atoms with Gasteiger partial charge in [0.25, 0.3) is 0 Å². The van der Waals surface area contributed by atoms with Crippen molar-refractivity contribution in [2.75, 3.05) is 18.4 Å². The zero-order valence-electron chi connectivity index (χ0n) is 15.2. The second kappa shape index (κ2) is 9.00. The van der Waals surface area contributed by atoms with Crippen LogP contribution < -0.4 is 10.1 Å². The number of rotatable bonds is 6. The van der Waals surface area contributed by atoms with Crippen molar-refractivity contribution in [3.05, 3.63) is 58.9 Å². The summed E-state index contributed by atoms with van der Waals surface area (Å²) in [6.07, 6.45) is -1.70. The summed E-state index contributed by atoms with van der Waals surface area (Å²) in [7, 11) is 0. The van der Waals surface area contributed by atoms with E-state index in [1.807, 2.05) is 6.08 Å². The molecule has 3 rings (SSSR count). The van der Waals surface area contributed by atoms with Crippen molar-refractivity contribution >= 4 is 22.9 Å². The molecule has 156 valence electrons. The number of benzene rings is 1. The summed E-state index contributed by atoms with van der Waals surface area (Å²) < 4.78 is 40.4. The van der Waals surface area contributed by atoms with Gasteiger partial charge in [-0.25, -0.2) is 0 Å². The number of hydrogen-bond acceptors (Lipinski definition) is 6. The van der Waals surface area contributed by atoms with E-state index in [0.717, 1.165) is 5.57 Å². The summed E-state index contributed by atoms with van der Waals surface area (Å²) in [5.41, 5.74) is 2.66. The molecule has 1 atom stereocenters. The molecule has 1 aromatic carbocycles. The van der Waals surface area contributed by atoms with E-state index in [2.05, 4.69) is 15.0 Å². The van der Waals surface area contributed by atoms with Gasteiger partial charge in [-0.15, -0.1) is 13.2 Å². The summed E-state index contributed by atoms with van der Waals surface area (Å²) in [5.74, 6) is -0.334. The predicted molar refractivity (Wildman–Crippen MR) is 102 cm³/mol. The largest absolute Gasteiger partial charge is 0.573 e. The highest BCUT2D eigenvalue weighted by Crippen LogP contribution is 2.28. The summed E-state index contributed by atoms with van der Waals surface area (Å²) in [4.78, 5) is 6.04. The lowest BCUT2D eigenvalue weighted by Crippen LogP contribution is -2.43. The normalized spacial score (nSPS) is 16.3. The third-order valence-electron chi connectivity index (χ3n) is 4.35. The Morgan fingerprint density at radius 3 is 2.55 bits per heavy atom. The Labute approximate surface area is 170 Å². The van der Waals surface area contributed by atoms with Gasteiger partial charge in [-0.2, -0.15) is 0 Å². The number of alkyl halides is 3. The lowest BCUT2D eigenvalue weighted by molar-refractivity contribution is -0.274. The molecule has 2 heterocycles. The van der Waals surface area contributed by atoms with Gasteiger partial charge in [-0.3, -0.25) is 9.88 Å². The number of nitrogens with zero attached hydrogens (tertiary/aromatic N) is 2. The van der Waals surface area contributed by atoms with Crippen molar-refractivity contribution in [1.29, 1.82) is 0 Å². The van der Waals surface area contributed by atoms with Crippen LogP contribution in [-0.2, 0) is 6.61 Å². The second-order valence-corrected chi connectivity index (χ2v) is 6.80. The van der Waals surface area contributed by atoms with Crippen LogP contribution in [0.15, 0.2) is 42.6 Å². The van der Waals surface area contributed by atoms with Gasteiger partial charge in [-0.1, -0.05) is 17.7 Å². The Balaban J connectivity index is 1.59. The van der Waals surface area contributed by atoms with E-state index < -0.39 is 12.7 Å². The van der Waals surface area contributed by atoms with Crippen molar-refractivity contribution in [2.24, 2.45) is 0 Å². The predicted octanol–water partition coefficient (Wildman–Crippen LogP) is 3.60. The molecule has 0 aliphatic carbocycles. The van der Waals surface area contributed by atoms with Gasteiger partial charge >= 0.3 is 6.36 Å². The molecule has 0 spiro atoms. The Kier molecular flexibility index (Phi) is 6.63. The maximum Gasteiger partial charge on any atom is 0.573 e. The van der Waals surface area contributed by atoms with Gasteiger partial charge in [-0.05, 0) is 47.9 Å². The molecule has 0 amide bonds. The number of halogens is 4. The zero-order valence-corrected chi connectivity index (χ0v) is 15.9. The number of aliphatic hydroxyl groups is 2. The van der Waals surface area contributed by atoms with Crippen LogP contribution in [0.1, 0.15) is 17.7 Å². The Morgan fingerprint density at radius 2 is 2.00 bits per heavy atom. The van der Waals surface area contributed by atoms with Crippen LogP contribution in [0.4, 0.5) is 18.9 Å². The maximum absolute atomic E-state index is 12.2. The number of anilines is 1. The number of aromatic nitrogens is 1. The molecule has 6 nitrogen and oxygen atoms in total. The van der Waals surface area contributed by atoms with Crippen molar-refractivity contribution in [2.45, 2.75) is 25.7 Å². The molecule has 0 bridgehead atoms. The Bertz CT molecular complexity index is 875. The molecule has 1 unspecified atom stereocenters. The zero-order chi connectivity index (χ0) is 21.0. The smallest absolute Gasteiger partial charge is 0.406 e. The van der Waals surface area contributed by atoms with Crippen LogP contribution in [0, 0.1) is 0 Å². The average Bonchev–Trinajstić information content (AvgIpc) is 2.68. The van der Waals surface area contributed by atoms with Gasteiger partial charge in [0.2, 0.25) is 0 Å². The summed E-state index contributed by atoms with van der Waals surface area (Å²) in [6, 6.07) is 6.78. The van der Waals surface area contributed by atoms with E-state index in [1.165, 1.54) is 24.3 Å². The number of nitrogens with one attached hydrogen (secondary N) is 1. The first-order chi connectivity index (χ1) is 13.7. The van der Waals surface area contributed by atoms with Crippen molar-refractivity contribution < 1.29 is 28.1 Å². The van der Waals surface area contributed by atoms with E-state index in [9.17, 15) is 18.3 Å². The topological polar surface area (TPSA) is 77.9 Å². The van der Waals surface area contributed by atoms with Crippen molar-refractivity contribution in [3.8, 4) is 5.75 Å². The maximum atomic E-state index is 12.2. The Morgan fingerprint density at radius 1 is 1.28 bits per heavy atom. The van der Waals surface area contributed by atoms with Gasteiger partial charge < -0.3 is 20.3 Å². The molecule has 29 heavy (non-hydrogen) atoms. The summed E-state index contributed by atoms with van der Waals surface area (Å²) in [6.45, 7) is 0.814. The molecule has 0 saturated carbocycles. The highest BCUT2D eigenvalue weighted by atomic mass is 35.5. The molecule has 2 aromatic rings. The molecule has 3 N–H and O–H groups in total. The first-order valence-electron chi connectivity index (χ1n) is 8.74. The molecule has 0 saturated heterocycles. The van der Waals surface area contributed by atoms with Crippen LogP contribution in [0.2, 0.25) is 5.02 Å². The van der Waals surface area contributed by atoms with Gasteiger partial charge in [0, 0.05) is 25.0 Å². The minimum atomic E-state index is -4.75. The summed E-state index contributed by atoms with van der Waals surface area (Å²) >= 11 is 6.23. The van der Waals surface area contributed by atoms with Crippen molar-refractivity contribution in [1.82, 2.24) is 9.88 Å². The fraction of sp³-hybridized carbons (Fsp3) is 0.316. The third kappa shape index (κ3) is 5.83. The Hall–Kier alpha value is -2.33. The molecule has 1 aliphatic heterocycles. The minimum absolute atomic E-state index is 0.138. The monoisotopic (exact) mass is 429 g/mol. The number of pyridine rings is 1. The highest BCUT2D eigenvalue weighted by molar-refractivity contribution is 6.32. The fourth-order valence-electron chi connectivity index (χ4n) is 2.92. The second-order valence-electron chi connectivity index (χ2n) is 6.40. The fourth-order valence-corrected chi connectivity index (χ4v) is 3.23. The summed E-state index contributed by atoms with van der Waals surface area (Å²) in [5, 5.41) is 22.8. The molecule has 1 aliphatic rings. The molecule has 1 aromatic heterocycles. The molecule has 0 fully saturated rings. The number of aliphatic hydroxyl groups excluding tert-OH is 2. The van der Waals surface area contributed by atoms with Gasteiger partial charge in [0.15, 0.2) is 6.35 Å². The van der Waals surface area contributed by atoms with E-state index in [4.69, 9.17) is 16.7 Å². The SMILES string of the molecule is OCc1cnc(C2=CCN(C(O)Nc3ccc(OC(F)(F)F)cc3)CC2)c(Cl)c1. The molecular weight excluding hydrogens is 411 g/mol. The van der Waals surface area contributed by atoms with Gasteiger partial charge in [0.1, 0.15) is 5.75 Å². The van der Waals surface area contributed by atoms with E-state index in [0.29, 0.717) is 41.5 Å². The lowest BCUT2D eigenvalue weighted by atomic mass is 10.0. The van der Waals surface area contributed by atoms with E-state index >= 15 is 0 Å². The quantitative estimate of drug-likeness (QED) is 0.609. The standard InChI is InChI=1S/C19H19ClF3N3O3/c20-16-9-12(11-27)10-24-17(16)13-5-7-26(8-6-13)18(28)25-14-1-3-15(4-2-14)29-19(21,22)23/h1-5,9-10,18,25,27-28H,6-8,11H2. The average molecular weight is 430 g/mol. The molecule has 10 heteroatoms. The van der Waals surface area contributed by atoms with Gasteiger partial charge in [0.05, 0.1) is 17.3 Å². The number of hydrogen-bond donors (Lipinski definition) is 3.